The van der Waals surface area contributed by atoms with Gasteiger partial charge in [0.1, 0.15) is 6.04 Å². The average Bonchev–Trinajstić information content (AvgIpc) is 3.19. The van der Waals surface area contributed by atoms with Crippen LogP contribution in [0.25, 0.3) is 0 Å². The highest BCUT2D eigenvalue weighted by Gasteiger charge is 2.30. The van der Waals surface area contributed by atoms with E-state index in [1.807, 2.05) is 6.26 Å². The van der Waals surface area contributed by atoms with E-state index in [4.69, 9.17) is 16.3 Å². The Hall–Kier alpha value is -1.73. The van der Waals surface area contributed by atoms with Crippen LogP contribution in [0.1, 0.15) is 36.5 Å². The third kappa shape index (κ3) is 6.14. The first-order valence-corrected chi connectivity index (χ1v) is 10.7. The molecule has 0 spiro atoms. The minimum absolute atomic E-state index is 0.193. The summed E-state index contributed by atoms with van der Waals surface area (Å²) >= 11 is 7.61. The van der Waals surface area contributed by atoms with Crippen LogP contribution in [0.2, 0.25) is 5.02 Å². The van der Waals surface area contributed by atoms with Gasteiger partial charge in [-0.15, -0.1) is 0 Å². The molecule has 148 valence electrons. The standard InChI is InChI=1S/C19H25ClN2O4S/c1-13(18(24)22-10-5-6-11-22)26-19(25)16(9-12-27-2)21-17(23)14-7-3-4-8-15(14)20/h3-4,7-8,13,16H,5-6,9-12H2,1-2H3,(H,21,23). The smallest absolute Gasteiger partial charge is 0.329 e. The van der Waals surface area contributed by atoms with Crippen LogP contribution in [0.4, 0.5) is 0 Å². The van der Waals surface area contributed by atoms with Crippen molar-refractivity contribution in [1.29, 1.82) is 0 Å². The van der Waals surface area contributed by atoms with Crippen LogP contribution in [-0.2, 0) is 14.3 Å². The van der Waals surface area contributed by atoms with E-state index in [-0.39, 0.29) is 5.91 Å². The predicted octanol–water partition coefficient (Wildman–Crippen LogP) is 2.75. The van der Waals surface area contributed by atoms with E-state index in [2.05, 4.69) is 5.32 Å². The fourth-order valence-corrected chi connectivity index (χ4v) is 3.56. The largest absolute Gasteiger partial charge is 0.451 e. The number of esters is 1. The van der Waals surface area contributed by atoms with E-state index in [9.17, 15) is 14.4 Å². The summed E-state index contributed by atoms with van der Waals surface area (Å²) in [6.07, 6.45) is 3.39. The number of carbonyl (C=O) groups is 3. The minimum Gasteiger partial charge on any atom is -0.451 e. The number of carbonyl (C=O) groups excluding carboxylic acids is 3. The molecule has 0 saturated carbocycles. The number of nitrogens with one attached hydrogen (secondary N) is 1. The van der Waals surface area contributed by atoms with Gasteiger partial charge in [0.25, 0.3) is 11.8 Å². The van der Waals surface area contributed by atoms with E-state index in [0.29, 0.717) is 35.8 Å². The van der Waals surface area contributed by atoms with Crippen molar-refractivity contribution in [2.45, 2.75) is 38.3 Å². The molecule has 0 aliphatic carbocycles. The highest BCUT2D eigenvalue weighted by atomic mass is 35.5. The van der Waals surface area contributed by atoms with Crippen LogP contribution in [0.15, 0.2) is 24.3 Å². The Kier molecular flexibility index (Phi) is 8.44. The van der Waals surface area contributed by atoms with Crippen LogP contribution in [0.3, 0.4) is 0 Å². The molecule has 8 heteroatoms. The van der Waals surface area contributed by atoms with Crippen molar-refractivity contribution in [1.82, 2.24) is 10.2 Å². The first-order chi connectivity index (χ1) is 12.9. The number of likely N-dealkylation sites (tertiary alicyclic amines) is 1. The first-order valence-electron chi connectivity index (χ1n) is 8.97. The molecule has 2 amide bonds. The van der Waals surface area contributed by atoms with Gasteiger partial charge in [0.2, 0.25) is 0 Å². The van der Waals surface area contributed by atoms with Crippen molar-refractivity contribution in [3.8, 4) is 0 Å². The molecular formula is C19H25ClN2O4S. The Balaban J connectivity index is 2.01. The van der Waals surface area contributed by atoms with Crippen LogP contribution in [-0.4, -0.2) is 59.9 Å². The number of thioether (sulfide) groups is 1. The van der Waals surface area contributed by atoms with Gasteiger partial charge in [-0.2, -0.15) is 11.8 Å². The lowest BCUT2D eigenvalue weighted by atomic mass is 10.1. The maximum absolute atomic E-state index is 12.6. The van der Waals surface area contributed by atoms with Crippen molar-refractivity contribution >= 4 is 41.1 Å². The Bertz CT molecular complexity index is 679. The SMILES string of the molecule is CSCCC(NC(=O)c1ccccc1Cl)C(=O)OC(C)C(=O)N1CCCC1. The van der Waals surface area contributed by atoms with Gasteiger partial charge in [0, 0.05) is 13.1 Å². The molecular weight excluding hydrogens is 388 g/mol. The molecule has 1 saturated heterocycles. The third-order valence-electron chi connectivity index (χ3n) is 4.38. The molecule has 2 atom stereocenters. The summed E-state index contributed by atoms with van der Waals surface area (Å²) in [5.41, 5.74) is 0.294. The zero-order valence-corrected chi connectivity index (χ0v) is 17.1. The molecule has 1 aliphatic rings. The van der Waals surface area contributed by atoms with E-state index >= 15 is 0 Å². The Morgan fingerprint density at radius 2 is 1.93 bits per heavy atom. The molecule has 1 aromatic rings. The van der Waals surface area contributed by atoms with Crippen LogP contribution in [0.5, 0.6) is 0 Å². The summed E-state index contributed by atoms with van der Waals surface area (Å²) in [6.45, 7) is 2.96. The van der Waals surface area contributed by atoms with Gasteiger partial charge in [-0.05, 0) is 50.3 Å². The normalized spacial score (nSPS) is 15.9. The maximum Gasteiger partial charge on any atom is 0.329 e. The number of ether oxygens (including phenoxy) is 1. The van der Waals surface area contributed by atoms with Gasteiger partial charge in [0.05, 0.1) is 10.6 Å². The Morgan fingerprint density at radius 1 is 1.26 bits per heavy atom. The summed E-state index contributed by atoms with van der Waals surface area (Å²) < 4.78 is 5.36. The monoisotopic (exact) mass is 412 g/mol. The molecule has 27 heavy (non-hydrogen) atoms. The van der Waals surface area contributed by atoms with Gasteiger partial charge in [-0.1, -0.05) is 23.7 Å². The lowest BCUT2D eigenvalue weighted by Gasteiger charge is -2.23. The van der Waals surface area contributed by atoms with Crippen molar-refractivity contribution in [2.24, 2.45) is 0 Å². The zero-order chi connectivity index (χ0) is 19.8. The summed E-state index contributed by atoms with van der Waals surface area (Å²) in [5, 5.41) is 3.00. The predicted molar refractivity (Wildman–Crippen MR) is 107 cm³/mol. The second kappa shape index (κ2) is 10.6. The fourth-order valence-electron chi connectivity index (χ4n) is 2.87. The second-order valence-electron chi connectivity index (χ2n) is 6.40. The van der Waals surface area contributed by atoms with E-state index < -0.39 is 24.0 Å². The van der Waals surface area contributed by atoms with E-state index in [1.54, 1.807) is 47.9 Å². The number of nitrogens with zero attached hydrogens (tertiary/aromatic N) is 1. The van der Waals surface area contributed by atoms with Crippen molar-refractivity contribution < 1.29 is 19.1 Å². The molecule has 2 rings (SSSR count). The van der Waals surface area contributed by atoms with Crippen molar-refractivity contribution in [3.63, 3.8) is 0 Å². The van der Waals surface area contributed by atoms with Crippen molar-refractivity contribution in [3.05, 3.63) is 34.9 Å². The number of benzene rings is 1. The fraction of sp³-hybridized carbons (Fsp3) is 0.526. The first kappa shape index (κ1) is 21.6. The Morgan fingerprint density at radius 3 is 2.56 bits per heavy atom. The average molecular weight is 413 g/mol. The topological polar surface area (TPSA) is 75.7 Å². The van der Waals surface area contributed by atoms with Crippen LogP contribution < -0.4 is 5.32 Å². The van der Waals surface area contributed by atoms with Gasteiger partial charge in [-0.3, -0.25) is 9.59 Å². The number of halogens is 1. The highest BCUT2D eigenvalue weighted by Crippen LogP contribution is 2.16. The Labute approximate surface area is 169 Å². The summed E-state index contributed by atoms with van der Waals surface area (Å²) in [7, 11) is 0. The number of hydrogen-bond donors (Lipinski definition) is 1. The number of amides is 2. The van der Waals surface area contributed by atoms with E-state index in [1.165, 1.54) is 0 Å². The number of rotatable bonds is 8. The molecule has 1 heterocycles. The molecule has 1 aliphatic heterocycles. The molecule has 0 radical (unpaired) electrons. The lowest BCUT2D eigenvalue weighted by Crippen LogP contribution is -2.45. The quantitative estimate of drug-likeness (QED) is 0.664. The van der Waals surface area contributed by atoms with Gasteiger partial charge in [0.15, 0.2) is 6.10 Å². The molecule has 6 nitrogen and oxygen atoms in total. The molecule has 2 unspecified atom stereocenters. The van der Waals surface area contributed by atoms with Crippen LogP contribution in [0, 0.1) is 0 Å². The molecule has 1 N–H and O–H groups in total. The molecule has 1 fully saturated rings. The highest BCUT2D eigenvalue weighted by molar-refractivity contribution is 7.98. The number of hydrogen-bond acceptors (Lipinski definition) is 5. The second-order valence-corrected chi connectivity index (χ2v) is 7.79. The summed E-state index contributed by atoms with van der Waals surface area (Å²) in [6, 6.07) is 5.79. The third-order valence-corrected chi connectivity index (χ3v) is 5.35. The molecule has 0 bridgehead atoms. The molecule has 0 aromatic heterocycles. The van der Waals surface area contributed by atoms with Gasteiger partial charge >= 0.3 is 5.97 Å². The van der Waals surface area contributed by atoms with Crippen molar-refractivity contribution in [2.75, 3.05) is 25.1 Å². The lowest BCUT2D eigenvalue weighted by molar-refractivity contribution is -0.160. The van der Waals surface area contributed by atoms with E-state index in [0.717, 1.165) is 12.8 Å². The molecule has 1 aromatic carbocycles. The maximum atomic E-state index is 12.6. The summed E-state index contributed by atoms with van der Waals surface area (Å²) in [4.78, 5) is 39.1. The minimum atomic E-state index is -0.871. The zero-order valence-electron chi connectivity index (χ0n) is 15.6. The summed E-state index contributed by atoms with van der Waals surface area (Å²) in [5.74, 6) is -0.578. The van der Waals surface area contributed by atoms with Crippen LogP contribution >= 0.6 is 23.4 Å². The van der Waals surface area contributed by atoms with Gasteiger partial charge in [-0.25, -0.2) is 4.79 Å². The van der Waals surface area contributed by atoms with Gasteiger partial charge < -0.3 is 15.0 Å².